The van der Waals surface area contributed by atoms with E-state index in [-0.39, 0.29) is 23.2 Å². The molecule has 45 heavy (non-hydrogen) atoms. The number of benzene rings is 2. The Hall–Kier alpha value is -4.10. The Kier molecular flexibility index (Phi) is 10.3. The van der Waals surface area contributed by atoms with Crippen LogP contribution in [0.4, 0.5) is 16.3 Å². The SMILES string of the molecule is CC(C)(C)c1ccc(NC(=O)NCCC[C@H](CNCc2ccccc2)C[C@H]2O[C@@H](n3cnc4c(N)ncnc43)C(O)C2O)cc1. The highest BCUT2D eigenvalue weighted by Crippen LogP contribution is 2.35. The van der Waals surface area contributed by atoms with Gasteiger partial charge in [-0.2, -0.15) is 0 Å². The van der Waals surface area contributed by atoms with Crippen LogP contribution in [0.3, 0.4) is 0 Å². The number of aliphatic hydroxyl groups excluding tert-OH is 2. The van der Waals surface area contributed by atoms with Gasteiger partial charge >= 0.3 is 6.03 Å². The molecule has 2 aromatic heterocycles. The summed E-state index contributed by atoms with van der Waals surface area (Å²) < 4.78 is 7.81. The number of carbonyl (C=O) groups excluding carboxylic acids is 1. The van der Waals surface area contributed by atoms with Gasteiger partial charge in [-0.15, -0.1) is 0 Å². The Labute approximate surface area is 263 Å². The molecule has 0 bridgehead atoms. The van der Waals surface area contributed by atoms with Crippen LogP contribution in [0.1, 0.15) is 57.4 Å². The zero-order chi connectivity index (χ0) is 32.0. The maximum atomic E-state index is 12.5. The second-order valence-corrected chi connectivity index (χ2v) is 12.7. The molecule has 12 nitrogen and oxygen atoms in total. The fraction of sp³-hybridized carbons (Fsp3) is 0.455. The van der Waals surface area contributed by atoms with Crippen LogP contribution in [0.25, 0.3) is 11.2 Å². The van der Waals surface area contributed by atoms with Crippen LogP contribution in [0.2, 0.25) is 0 Å². The number of nitrogens with zero attached hydrogens (tertiary/aromatic N) is 4. The summed E-state index contributed by atoms with van der Waals surface area (Å²) in [5.41, 5.74) is 9.92. The van der Waals surface area contributed by atoms with Crippen molar-refractivity contribution >= 4 is 28.7 Å². The third kappa shape index (κ3) is 8.14. The first-order chi connectivity index (χ1) is 21.6. The maximum absolute atomic E-state index is 12.5. The van der Waals surface area contributed by atoms with E-state index < -0.39 is 24.5 Å². The maximum Gasteiger partial charge on any atom is 0.319 e. The van der Waals surface area contributed by atoms with E-state index in [1.807, 2.05) is 42.5 Å². The molecule has 0 saturated carbocycles. The molecule has 2 amide bonds. The highest BCUT2D eigenvalue weighted by Gasteiger charge is 2.44. The highest BCUT2D eigenvalue weighted by atomic mass is 16.6. The largest absolute Gasteiger partial charge is 0.388 e. The molecule has 12 heteroatoms. The van der Waals surface area contributed by atoms with Gasteiger partial charge in [0.1, 0.15) is 24.1 Å². The van der Waals surface area contributed by atoms with Gasteiger partial charge in [-0.3, -0.25) is 4.57 Å². The molecule has 0 spiro atoms. The molecular weight excluding hydrogens is 572 g/mol. The van der Waals surface area contributed by atoms with Crippen molar-refractivity contribution in [1.82, 2.24) is 30.2 Å². The Bertz CT molecular complexity index is 1540. The summed E-state index contributed by atoms with van der Waals surface area (Å²) in [5.74, 6) is 0.334. The van der Waals surface area contributed by atoms with Gasteiger partial charge in [-0.25, -0.2) is 19.7 Å². The molecule has 2 unspecified atom stereocenters. The number of nitrogens with one attached hydrogen (secondary N) is 3. The second kappa shape index (κ2) is 14.3. The van der Waals surface area contributed by atoms with E-state index in [9.17, 15) is 15.0 Å². The lowest BCUT2D eigenvalue weighted by Crippen LogP contribution is -2.35. The molecule has 2 aromatic carbocycles. The molecule has 5 atom stereocenters. The molecule has 5 rings (SSSR count). The molecule has 0 aliphatic carbocycles. The lowest BCUT2D eigenvalue weighted by atomic mass is 9.87. The average molecular weight is 617 g/mol. The first-order valence-electron chi connectivity index (χ1n) is 15.4. The predicted octanol–water partition coefficient (Wildman–Crippen LogP) is 3.72. The molecule has 1 saturated heterocycles. The van der Waals surface area contributed by atoms with Gasteiger partial charge in [0.2, 0.25) is 0 Å². The fourth-order valence-corrected chi connectivity index (χ4v) is 5.68. The average Bonchev–Trinajstić information content (AvgIpc) is 3.57. The first kappa shape index (κ1) is 32.3. The molecule has 7 N–H and O–H groups in total. The number of anilines is 2. The number of aromatic nitrogens is 4. The van der Waals surface area contributed by atoms with Gasteiger partial charge < -0.3 is 36.6 Å². The minimum absolute atomic E-state index is 0.0448. The van der Waals surface area contributed by atoms with Crippen LogP contribution in [0.15, 0.2) is 67.3 Å². The summed E-state index contributed by atoms with van der Waals surface area (Å²) in [5, 5.41) is 31.3. The normalized spacial score (nSPS) is 20.7. The number of urea groups is 1. The molecule has 1 aliphatic heterocycles. The van der Waals surface area contributed by atoms with Crippen molar-refractivity contribution in [3.05, 3.63) is 78.4 Å². The molecular formula is C33H44N8O4. The van der Waals surface area contributed by atoms with Gasteiger partial charge in [0.15, 0.2) is 17.7 Å². The molecule has 3 heterocycles. The Morgan fingerprint density at radius 3 is 2.53 bits per heavy atom. The zero-order valence-corrected chi connectivity index (χ0v) is 26.1. The van der Waals surface area contributed by atoms with E-state index in [1.54, 1.807) is 4.57 Å². The third-order valence-electron chi connectivity index (χ3n) is 8.25. The van der Waals surface area contributed by atoms with Gasteiger partial charge in [0, 0.05) is 18.8 Å². The summed E-state index contributed by atoms with van der Waals surface area (Å²) in [6, 6.07) is 17.8. The number of rotatable bonds is 12. The molecule has 1 fully saturated rings. The smallest absolute Gasteiger partial charge is 0.319 e. The number of hydrogen-bond donors (Lipinski definition) is 6. The van der Waals surface area contributed by atoms with Crippen LogP contribution < -0.4 is 21.7 Å². The molecule has 4 aromatic rings. The topological polar surface area (TPSA) is 172 Å². The van der Waals surface area contributed by atoms with E-state index >= 15 is 0 Å². The van der Waals surface area contributed by atoms with Crippen molar-refractivity contribution in [1.29, 1.82) is 0 Å². The summed E-state index contributed by atoms with van der Waals surface area (Å²) in [6.07, 6.45) is 1.07. The van der Waals surface area contributed by atoms with Crippen LogP contribution in [-0.4, -0.2) is 67.2 Å². The van der Waals surface area contributed by atoms with Crippen LogP contribution >= 0.6 is 0 Å². The number of imidazole rings is 1. The van der Waals surface area contributed by atoms with E-state index in [1.165, 1.54) is 23.8 Å². The van der Waals surface area contributed by atoms with Gasteiger partial charge in [-0.05, 0) is 60.4 Å². The van der Waals surface area contributed by atoms with Crippen molar-refractivity contribution in [3.63, 3.8) is 0 Å². The molecule has 1 aliphatic rings. The van der Waals surface area contributed by atoms with Crippen molar-refractivity contribution in [2.75, 3.05) is 24.1 Å². The van der Waals surface area contributed by atoms with Crippen molar-refractivity contribution in [3.8, 4) is 0 Å². The van der Waals surface area contributed by atoms with E-state index in [4.69, 9.17) is 10.5 Å². The number of nitrogens with two attached hydrogens (primary N) is 1. The van der Waals surface area contributed by atoms with Crippen molar-refractivity contribution in [2.45, 2.75) is 76.5 Å². The summed E-state index contributed by atoms with van der Waals surface area (Å²) in [7, 11) is 0. The van der Waals surface area contributed by atoms with Gasteiger partial charge in [0.05, 0.1) is 12.4 Å². The van der Waals surface area contributed by atoms with Crippen LogP contribution in [-0.2, 0) is 16.7 Å². The van der Waals surface area contributed by atoms with E-state index in [2.05, 4.69) is 63.8 Å². The first-order valence-corrected chi connectivity index (χ1v) is 15.4. The van der Waals surface area contributed by atoms with Crippen LogP contribution in [0, 0.1) is 5.92 Å². The summed E-state index contributed by atoms with van der Waals surface area (Å²) in [4.78, 5) is 25.0. The summed E-state index contributed by atoms with van der Waals surface area (Å²) >= 11 is 0. The monoisotopic (exact) mass is 616 g/mol. The number of carbonyl (C=O) groups is 1. The third-order valence-corrected chi connectivity index (χ3v) is 8.25. The predicted molar refractivity (Wildman–Crippen MR) is 173 cm³/mol. The number of amides is 2. The number of ether oxygens (including phenoxy) is 1. The minimum atomic E-state index is -1.18. The van der Waals surface area contributed by atoms with E-state index in [0.29, 0.717) is 37.2 Å². The van der Waals surface area contributed by atoms with Crippen LogP contribution in [0.5, 0.6) is 0 Å². The second-order valence-electron chi connectivity index (χ2n) is 12.7. The number of hydrogen-bond acceptors (Lipinski definition) is 9. The quantitative estimate of drug-likeness (QED) is 0.130. The van der Waals surface area contributed by atoms with Crippen molar-refractivity contribution in [2.24, 2.45) is 5.92 Å². The van der Waals surface area contributed by atoms with Crippen molar-refractivity contribution < 1.29 is 19.7 Å². The molecule has 0 radical (unpaired) electrons. The Balaban J connectivity index is 1.17. The Morgan fingerprint density at radius 2 is 1.80 bits per heavy atom. The molecule has 240 valence electrons. The standard InChI is InChI=1S/C33H44N8O4/c1-33(2,3)23-11-13-24(14-12-23)40-32(44)36-15-7-10-22(18-35-17-21-8-5-4-6-9-21)16-25-27(42)28(43)31(45-25)41-20-39-26-29(34)37-19-38-30(26)41/h4-6,8-9,11-14,19-20,22,25,27-28,31,35,42-43H,7,10,15-18H2,1-3H3,(H2,34,37,38)(H2,36,40,44)/t22-,25+,27?,28?,31+/m0/s1. The lowest BCUT2D eigenvalue weighted by Gasteiger charge is -2.23. The number of nitrogen functional groups attached to an aromatic ring is 1. The highest BCUT2D eigenvalue weighted by molar-refractivity contribution is 5.89. The van der Waals surface area contributed by atoms with Gasteiger partial charge in [-0.1, -0.05) is 63.2 Å². The van der Waals surface area contributed by atoms with E-state index in [0.717, 1.165) is 18.5 Å². The fourth-order valence-electron chi connectivity index (χ4n) is 5.68. The zero-order valence-electron chi connectivity index (χ0n) is 26.1. The minimum Gasteiger partial charge on any atom is -0.388 e. The number of aliphatic hydroxyl groups is 2. The Morgan fingerprint density at radius 1 is 1.04 bits per heavy atom. The lowest BCUT2D eigenvalue weighted by molar-refractivity contribution is -0.0416. The summed E-state index contributed by atoms with van der Waals surface area (Å²) in [6.45, 7) is 8.32. The van der Waals surface area contributed by atoms with Gasteiger partial charge in [0.25, 0.3) is 0 Å². The number of fused-ring (bicyclic) bond motifs is 1.